The fourth-order valence-electron chi connectivity index (χ4n) is 2.32. The summed E-state index contributed by atoms with van der Waals surface area (Å²) in [5, 5.41) is 15.8. The minimum atomic E-state index is -0.286. The highest BCUT2D eigenvalue weighted by molar-refractivity contribution is 7.99. The summed E-state index contributed by atoms with van der Waals surface area (Å²) in [6, 6.07) is 14.9. The monoisotopic (exact) mass is 475 g/mol. The fraction of sp³-hybridized carbons (Fsp3) is 0.100. The molecule has 0 saturated carbocycles. The van der Waals surface area contributed by atoms with Crippen molar-refractivity contribution in [3.8, 4) is 0 Å². The van der Waals surface area contributed by atoms with Crippen LogP contribution < -0.4 is 16.6 Å². The number of nitrogens with one attached hydrogen (secondary N) is 2. The average molecular weight is 476 g/mol. The van der Waals surface area contributed by atoms with E-state index in [0.29, 0.717) is 15.9 Å². The second-order valence-electron chi connectivity index (χ2n) is 6.22. The number of halogens is 2. The zero-order valence-electron chi connectivity index (χ0n) is 16.4. The summed E-state index contributed by atoms with van der Waals surface area (Å²) in [7, 11) is 0. The van der Waals surface area contributed by atoms with Crippen LogP contribution in [0, 0.1) is 0 Å². The van der Waals surface area contributed by atoms with Crippen LogP contribution in [0.25, 0.3) is 6.08 Å². The van der Waals surface area contributed by atoms with Crippen molar-refractivity contribution in [1.82, 2.24) is 14.9 Å². The van der Waals surface area contributed by atoms with E-state index in [1.165, 1.54) is 4.68 Å². The van der Waals surface area contributed by atoms with Gasteiger partial charge in [-0.1, -0.05) is 77.4 Å². The third-order valence-electron chi connectivity index (χ3n) is 3.87. The number of carbonyl (C=O) groups is 1. The third-order valence-corrected chi connectivity index (χ3v) is 5.63. The Hall–Kier alpha value is -3.01. The molecule has 0 atom stereocenters. The number of hydrogen-bond acceptors (Lipinski definition) is 7. The topological polar surface area (TPSA) is 110 Å². The molecule has 0 bridgehead atoms. The molecule has 0 unspecified atom stereocenters. The Balaban J connectivity index is 1.54. The van der Waals surface area contributed by atoms with Gasteiger partial charge < -0.3 is 11.2 Å². The first kappa shape index (κ1) is 22.7. The Labute approximate surface area is 193 Å². The molecule has 2 aromatic carbocycles. The van der Waals surface area contributed by atoms with Crippen LogP contribution in [0.15, 0.2) is 64.9 Å². The molecule has 0 saturated heterocycles. The Kier molecular flexibility index (Phi) is 7.94. The Morgan fingerprint density at radius 1 is 1.19 bits per heavy atom. The minimum absolute atomic E-state index is 0.0558. The molecule has 1 aromatic heterocycles. The normalized spacial score (nSPS) is 11.6. The zero-order valence-corrected chi connectivity index (χ0v) is 18.7. The lowest BCUT2D eigenvalue weighted by atomic mass is 10.2. The van der Waals surface area contributed by atoms with Gasteiger partial charge in [-0.3, -0.25) is 4.79 Å². The van der Waals surface area contributed by atoms with Crippen LogP contribution in [0.1, 0.15) is 12.5 Å². The number of hydrogen-bond donors (Lipinski definition) is 3. The van der Waals surface area contributed by atoms with Gasteiger partial charge in [-0.05, 0) is 30.7 Å². The lowest BCUT2D eigenvalue weighted by Crippen LogP contribution is -2.17. The van der Waals surface area contributed by atoms with Crippen LogP contribution in [-0.4, -0.2) is 32.2 Å². The summed E-state index contributed by atoms with van der Waals surface area (Å²) in [5.41, 5.74) is 4.99. The Bertz CT molecular complexity index is 1120. The molecule has 0 aliphatic heterocycles. The first-order valence-corrected chi connectivity index (χ1v) is 10.8. The Morgan fingerprint density at radius 2 is 1.97 bits per heavy atom. The van der Waals surface area contributed by atoms with Crippen molar-refractivity contribution in [3.05, 3.63) is 70.2 Å². The molecule has 0 radical (unpaired) electrons. The number of amides is 1. The van der Waals surface area contributed by atoms with Crippen LogP contribution >= 0.6 is 35.0 Å². The van der Waals surface area contributed by atoms with Gasteiger partial charge in [0.1, 0.15) is 0 Å². The van der Waals surface area contributed by atoms with Crippen LogP contribution in [0.4, 0.5) is 11.6 Å². The number of allylic oxidation sites excluding steroid dienone is 1. The number of aromatic nitrogens is 3. The molecule has 0 aliphatic rings. The summed E-state index contributed by atoms with van der Waals surface area (Å²) in [6.45, 7) is 1.84. The van der Waals surface area contributed by atoms with Crippen LogP contribution in [0.2, 0.25) is 10.0 Å². The first-order chi connectivity index (χ1) is 14.9. The number of carbonyl (C=O) groups excluding carboxylic acids is 1. The molecule has 0 aliphatic carbocycles. The number of nitrogens with two attached hydrogens (primary N) is 1. The fourth-order valence-corrected chi connectivity index (χ4v) is 3.33. The van der Waals surface area contributed by atoms with E-state index in [4.69, 9.17) is 29.0 Å². The molecule has 3 rings (SSSR count). The van der Waals surface area contributed by atoms with E-state index >= 15 is 0 Å². The van der Waals surface area contributed by atoms with Crippen molar-refractivity contribution in [2.75, 3.05) is 22.3 Å². The van der Waals surface area contributed by atoms with E-state index in [-0.39, 0.29) is 22.6 Å². The number of nitrogen functional groups attached to an aromatic ring is 1. The lowest BCUT2D eigenvalue weighted by molar-refractivity contribution is -0.113. The number of hydrazone groups is 1. The van der Waals surface area contributed by atoms with Crippen LogP contribution in [-0.2, 0) is 4.79 Å². The third kappa shape index (κ3) is 6.48. The maximum atomic E-state index is 12.2. The summed E-state index contributed by atoms with van der Waals surface area (Å²) in [4.78, 5) is 12.2. The van der Waals surface area contributed by atoms with Gasteiger partial charge >= 0.3 is 0 Å². The van der Waals surface area contributed by atoms with Gasteiger partial charge in [0.25, 0.3) is 5.95 Å². The van der Waals surface area contributed by atoms with Crippen LogP contribution in [0.5, 0.6) is 0 Å². The molecule has 3 aromatic rings. The molecule has 1 heterocycles. The molecule has 11 heteroatoms. The average Bonchev–Trinajstić information content (AvgIpc) is 3.12. The van der Waals surface area contributed by atoms with E-state index in [1.807, 2.05) is 49.4 Å². The van der Waals surface area contributed by atoms with E-state index < -0.39 is 0 Å². The van der Waals surface area contributed by atoms with Crippen molar-refractivity contribution in [2.24, 2.45) is 5.10 Å². The number of benzene rings is 2. The molecule has 4 N–H and O–H groups in total. The van der Waals surface area contributed by atoms with Crippen LogP contribution in [0.3, 0.4) is 0 Å². The van der Waals surface area contributed by atoms with Crippen molar-refractivity contribution >= 4 is 64.3 Å². The van der Waals surface area contributed by atoms with E-state index in [0.717, 1.165) is 23.0 Å². The zero-order chi connectivity index (χ0) is 22.2. The van der Waals surface area contributed by atoms with Crippen molar-refractivity contribution in [3.63, 3.8) is 0 Å². The maximum Gasteiger partial charge on any atom is 0.264 e. The number of thioether (sulfide) groups is 1. The molecule has 8 nitrogen and oxygen atoms in total. The molecule has 31 heavy (non-hydrogen) atoms. The molecule has 0 spiro atoms. The second kappa shape index (κ2) is 10.9. The summed E-state index contributed by atoms with van der Waals surface area (Å²) in [6.07, 6.45) is 3.81. The minimum Gasteiger partial charge on any atom is -0.334 e. The molecular formula is C20H19Cl2N7OS. The van der Waals surface area contributed by atoms with Gasteiger partial charge in [-0.15, -0.1) is 10.2 Å². The van der Waals surface area contributed by atoms with Gasteiger partial charge in [-0.25, -0.2) is 10.1 Å². The van der Waals surface area contributed by atoms with Gasteiger partial charge in [0.05, 0.1) is 27.2 Å². The predicted molar refractivity (Wildman–Crippen MR) is 128 cm³/mol. The van der Waals surface area contributed by atoms with E-state index in [2.05, 4.69) is 26.0 Å². The Morgan fingerprint density at radius 3 is 2.74 bits per heavy atom. The second-order valence-corrected chi connectivity index (χ2v) is 7.95. The van der Waals surface area contributed by atoms with Crippen molar-refractivity contribution < 1.29 is 4.79 Å². The van der Waals surface area contributed by atoms with Gasteiger partial charge in [0, 0.05) is 0 Å². The van der Waals surface area contributed by atoms with Gasteiger partial charge in [0.2, 0.25) is 11.1 Å². The highest BCUT2D eigenvalue weighted by atomic mass is 35.5. The lowest BCUT2D eigenvalue weighted by Gasteiger charge is -2.08. The molecule has 0 fully saturated rings. The van der Waals surface area contributed by atoms with Crippen molar-refractivity contribution in [1.29, 1.82) is 0 Å². The molecule has 1 amide bonds. The van der Waals surface area contributed by atoms with E-state index in [9.17, 15) is 4.79 Å². The van der Waals surface area contributed by atoms with Gasteiger partial charge in [-0.2, -0.15) is 5.10 Å². The summed E-state index contributed by atoms with van der Waals surface area (Å²) < 4.78 is 1.22. The summed E-state index contributed by atoms with van der Waals surface area (Å²) in [5.74, 6) is 6.00. The molecular weight excluding hydrogens is 457 g/mol. The molecule has 160 valence electrons. The van der Waals surface area contributed by atoms with E-state index in [1.54, 1.807) is 18.2 Å². The smallest absolute Gasteiger partial charge is 0.264 e. The number of rotatable bonds is 8. The number of nitrogens with zero attached hydrogens (tertiary/aromatic N) is 4. The SMILES string of the molecule is CC(/C=C/c1ccccc1)=N\Nc1nnc(SCC(=O)Nc2cccc(Cl)c2Cl)n1N. The predicted octanol–water partition coefficient (Wildman–Crippen LogP) is 4.53. The maximum absolute atomic E-state index is 12.2. The first-order valence-electron chi connectivity index (χ1n) is 9.04. The van der Waals surface area contributed by atoms with Crippen molar-refractivity contribution in [2.45, 2.75) is 12.1 Å². The standard InChI is InChI=1S/C20H19Cl2N7OS/c1-13(10-11-14-6-3-2-4-7-14)25-26-19-27-28-20(29(19)23)31-12-17(30)24-16-9-5-8-15(21)18(16)22/h2-11H,12,23H2,1H3,(H,24,30)(H,26,27)/b11-10+,25-13+. The largest absolute Gasteiger partial charge is 0.334 e. The number of anilines is 2. The summed E-state index contributed by atoms with van der Waals surface area (Å²) >= 11 is 13.1. The highest BCUT2D eigenvalue weighted by Gasteiger charge is 2.13. The highest BCUT2D eigenvalue weighted by Crippen LogP contribution is 2.29. The quantitative estimate of drug-likeness (QED) is 0.191. The van der Waals surface area contributed by atoms with Gasteiger partial charge in [0.15, 0.2) is 0 Å².